The van der Waals surface area contributed by atoms with E-state index in [0.29, 0.717) is 18.5 Å². The van der Waals surface area contributed by atoms with Gasteiger partial charge in [-0.1, -0.05) is 72.3 Å². The maximum Gasteiger partial charge on any atom is 0.242 e. The molecule has 0 unspecified atom stereocenters. The summed E-state index contributed by atoms with van der Waals surface area (Å²) in [7, 11) is -1.99. The van der Waals surface area contributed by atoms with Gasteiger partial charge in [0.05, 0.1) is 11.9 Å². The zero-order valence-electron chi connectivity index (χ0n) is 23.5. The van der Waals surface area contributed by atoms with Gasteiger partial charge in [0.2, 0.25) is 21.8 Å². The van der Waals surface area contributed by atoms with Crippen LogP contribution in [0, 0.1) is 20.8 Å². The third-order valence-corrected chi connectivity index (χ3v) is 7.96. The van der Waals surface area contributed by atoms with Gasteiger partial charge >= 0.3 is 0 Å². The molecule has 0 aromatic heterocycles. The molecule has 0 fully saturated rings. The summed E-state index contributed by atoms with van der Waals surface area (Å²) >= 11 is 0. The third-order valence-electron chi connectivity index (χ3n) is 6.78. The minimum Gasteiger partial charge on any atom is -0.357 e. The van der Waals surface area contributed by atoms with Crippen molar-refractivity contribution >= 4 is 27.5 Å². The first kappa shape index (κ1) is 29.9. The highest BCUT2D eigenvalue weighted by Gasteiger charge is 2.30. The highest BCUT2D eigenvalue weighted by molar-refractivity contribution is 7.92. The van der Waals surface area contributed by atoms with Crippen LogP contribution < -0.4 is 9.62 Å². The van der Waals surface area contributed by atoms with Crippen molar-refractivity contribution in [3.8, 4) is 0 Å². The van der Waals surface area contributed by atoms with Crippen molar-refractivity contribution in [2.24, 2.45) is 0 Å². The molecule has 0 heterocycles. The molecule has 0 spiro atoms. The number of carbonyl (C=O) groups excluding carboxylic acids is 2. The largest absolute Gasteiger partial charge is 0.357 e. The molecule has 1 atom stereocenters. The smallest absolute Gasteiger partial charge is 0.242 e. The normalized spacial score (nSPS) is 12.0. The molecule has 0 aliphatic heterocycles. The molecule has 0 saturated heterocycles. The lowest BCUT2D eigenvalue weighted by Gasteiger charge is -2.32. The number of nitrogens with one attached hydrogen (secondary N) is 1. The van der Waals surface area contributed by atoms with Crippen LogP contribution in [0.5, 0.6) is 0 Å². The van der Waals surface area contributed by atoms with Crippen molar-refractivity contribution in [1.29, 1.82) is 0 Å². The van der Waals surface area contributed by atoms with Crippen molar-refractivity contribution in [2.45, 2.75) is 52.6 Å². The van der Waals surface area contributed by atoms with Gasteiger partial charge in [-0.15, -0.1) is 0 Å². The molecule has 2 amide bonds. The molecular weight excluding hydrogens is 510 g/mol. The van der Waals surface area contributed by atoms with E-state index in [1.807, 2.05) is 93.6 Å². The van der Waals surface area contributed by atoms with Gasteiger partial charge in [0.15, 0.2) is 0 Å². The molecule has 0 saturated carbocycles. The van der Waals surface area contributed by atoms with Gasteiger partial charge in [0, 0.05) is 33.0 Å². The molecule has 3 aromatic rings. The summed E-state index contributed by atoms with van der Waals surface area (Å²) in [5, 5.41) is 2.72. The highest BCUT2D eigenvalue weighted by Crippen LogP contribution is 2.25. The zero-order valence-corrected chi connectivity index (χ0v) is 24.3. The Kier molecular flexibility index (Phi) is 10.3. The number of likely N-dealkylation sites (N-methyl/N-ethyl adjacent to an activating group) is 1. The van der Waals surface area contributed by atoms with Gasteiger partial charge in [0.1, 0.15) is 6.04 Å². The van der Waals surface area contributed by atoms with Crippen molar-refractivity contribution in [1.82, 2.24) is 10.2 Å². The first-order valence-corrected chi connectivity index (χ1v) is 15.0. The van der Waals surface area contributed by atoms with Gasteiger partial charge < -0.3 is 10.2 Å². The number of rotatable bonds is 12. The number of amides is 2. The monoisotopic (exact) mass is 549 g/mol. The molecule has 7 nitrogen and oxygen atoms in total. The van der Waals surface area contributed by atoms with Gasteiger partial charge in [-0.2, -0.15) is 0 Å². The lowest BCUT2D eigenvalue weighted by atomic mass is 10.0. The average Bonchev–Trinajstić information content (AvgIpc) is 2.90. The summed E-state index contributed by atoms with van der Waals surface area (Å²) in [6.45, 7) is 6.23. The second kappa shape index (κ2) is 13.4. The fraction of sp³-hybridized carbons (Fsp3) is 0.355. The zero-order chi connectivity index (χ0) is 28.6. The average molecular weight is 550 g/mol. The maximum atomic E-state index is 13.7. The molecule has 0 aliphatic rings. The number of hydrogen-bond donors (Lipinski definition) is 1. The van der Waals surface area contributed by atoms with Crippen LogP contribution in [-0.4, -0.2) is 51.0 Å². The molecule has 208 valence electrons. The van der Waals surface area contributed by atoms with Crippen molar-refractivity contribution in [3.05, 3.63) is 101 Å². The van der Waals surface area contributed by atoms with Gasteiger partial charge in [-0.3, -0.25) is 13.9 Å². The molecule has 0 aliphatic carbocycles. The topological polar surface area (TPSA) is 86.8 Å². The number of anilines is 1. The fourth-order valence-electron chi connectivity index (χ4n) is 4.58. The second-order valence-corrected chi connectivity index (χ2v) is 12.0. The summed E-state index contributed by atoms with van der Waals surface area (Å²) < 4.78 is 26.8. The number of benzene rings is 3. The third kappa shape index (κ3) is 8.42. The molecule has 3 rings (SSSR count). The van der Waals surface area contributed by atoms with Crippen LogP contribution in [0.25, 0.3) is 0 Å². The van der Waals surface area contributed by atoms with E-state index in [4.69, 9.17) is 0 Å². The Morgan fingerprint density at radius 2 is 1.51 bits per heavy atom. The molecule has 1 N–H and O–H groups in total. The molecule has 8 heteroatoms. The quantitative estimate of drug-likeness (QED) is 0.359. The predicted molar refractivity (Wildman–Crippen MR) is 157 cm³/mol. The minimum absolute atomic E-state index is 0.102. The highest BCUT2D eigenvalue weighted by atomic mass is 32.2. The summed E-state index contributed by atoms with van der Waals surface area (Å²) in [5.74, 6) is -0.443. The van der Waals surface area contributed by atoms with E-state index in [9.17, 15) is 18.0 Å². The minimum atomic E-state index is -3.56. The van der Waals surface area contributed by atoms with E-state index >= 15 is 0 Å². The molecular formula is C31H39N3O4S. The Balaban J connectivity index is 1.86. The number of hydrogen-bond acceptors (Lipinski definition) is 4. The summed E-state index contributed by atoms with van der Waals surface area (Å²) in [4.78, 5) is 28.4. The van der Waals surface area contributed by atoms with Crippen molar-refractivity contribution < 1.29 is 18.0 Å². The lowest BCUT2D eigenvalue weighted by molar-refractivity contribution is -0.141. The maximum absolute atomic E-state index is 13.7. The number of aryl methyl sites for hydroxylation is 3. The van der Waals surface area contributed by atoms with Crippen LogP contribution in [0.2, 0.25) is 0 Å². The second-order valence-electron chi connectivity index (χ2n) is 10.1. The van der Waals surface area contributed by atoms with E-state index in [0.717, 1.165) is 27.8 Å². The van der Waals surface area contributed by atoms with E-state index < -0.39 is 16.1 Å². The molecule has 0 radical (unpaired) electrons. The Hall–Kier alpha value is -3.65. The summed E-state index contributed by atoms with van der Waals surface area (Å²) in [6, 6.07) is 22.5. The fourth-order valence-corrected chi connectivity index (χ4v) is 5.60. The molecule has 3 aromatic carbocycles. The lowest BCUT2D eigenvalue weighted by Crippen LogP contribution is -2.49. The van der Waals surface area contributed by atoms with E-state index in [1.54, 1.807) is 11.9 Å². The molecule has 39 heavy (non-hydrogen) atoms. The van der Waals surface area contributed by atoms with E-state index in [2.05, 4.69) is 5.32 Å². The predicted octanol–water partition coefficient (Wildman–Crippen LogP) is 4.54. The number of nitrogens with zero attached hydrogens (tertiary/aromatic N) is 2. The van der Waals surface area contributed by atoms with Crippen LogP contribution >= 0.6 is 0 Å². The Morgan fingerprint density at radius 1 is 0.872 bits per heavy atom. The Morgan fingerprint density at radius 3 is 2.13 bits per heavy atom. The first-order chi connectivity index (χ1) is 18.5. The molecule has 0 bridgehead atoms. The van der Waals surface area contributed by atoms with Crippen LogP contribution in [0.3, 0.4) is 0 Å². The van der Waals surface area contributed by atoms with Gasteiger partial charge in [0.25, 0.3) is 0 Å². The number of sulfonamides is 1. The first-order valence-electron chi connectivity index (χ1n) is 13.1. The van der Waals surface area contributed by atoms with Crippen molar-refractivity contribution in [2.75, 3.05) is 24.2 Å². The van der Waals surface area contributed by atoms with Crippen LogP contribution in [-0.2, 0) is 32.6 Å². The SMILES string of the molecule is CNC(=O)[C@@H](Cc1ccccc1)N(Cc1ccc(C)cc1)C(=O)CCCN(c1cc(C)ccc1C)S(C)(=O)=O. The number of carbonyl (C=O) groups is 2. The van der Waals surface area contributed by atoms with Gasteiger partial charge in [-0.05, 0) is 55.5 Å². The van der Waals surface area contributed by atoms with Crippen molar-refractivity contribution in [3.63, 3.8) is 0 Å². The Bertz CT molecular complexity index is 1370. The van der Waals surface area contributed by atoms with E-state index in [1.165, 1.54) is 10.6 Å². The summed E-state index contributed by atoms with van der Waals surface area (Å²) in [5.41, 5.74) is 5.40. The standard InChI is InChI=1S/C31H39N3O4S/c1-23-14-17-27(18-15-23)22-33(29(31(36)32-4)21-26-10-7-6-8-11-26)30(35)12-9-19-34(39(5,37)38)28-20-24(2)13-16-25(28)3/h6-8,10-11,13-18,20,29H,9,12,19,21-22H2,1-5H3,(H,32,36)/t29-/m1/s1. The van der Waals surface area contributed by atoms with Crippen LogP contribution in [0.4, 0.5) is 5.69 Å². The van der Waals surface area contributed by atoms with Gasteiger partial charge in [-0.25, -0.2) is 8.42 Å². The summed E-state index contributed by atoms with van der Waals surface area (Å²) in [6.07, 6.45) is 1.97. The van der Waals surface area contributed by atoms with E-state index in [-0.39, 0.29) is 31.3 Å². The van der Waals surface area contributed by atoms with Crippen LogP contribution in [0.15, 0.2) is 72.8 Å². The Labute approximate surface area is 232 Å². The van der Waals surface area contributed by atoms with Crippen LogP contribution in [0.1, 0.15) is 40.7 Å².